The first-order valence-corrected chi connectivity index (χ1v) is 4.66. The van der Waals surface area contributed by atoms with Crippen LogP contribution in [-0.4, -0.2) is 28.5 Å². The number of imidazole rings is 1. The van der Waals surface area contributed by atoms with Crippen molar-refractivity contribution in [3.63, 3.8) is 0 Å². The van der Waals surface area contributed by atoms with E-state index in [0.29, 0.717) is 19.5 Å². The third-order valence-corrected chi connectivity index (χ3v) is 2.13. The molecule has 0 spiro atoms. The van der Waals surface area contributed by atoms with Gasteiger partial charge in [0, 0.05) is 30.8 Å². The normalized spacial score (nSPS) is 12.8. The van der Waals surface area contributed by atoms with E-state index in [-0.39, 0.29) is 11.8 Å². The van der Waals surface area contributed by atoms with Gasteiger partial charge < -0.3 is 11.5 Å². The molecule has 4 N–H and O–H groups in total. The summed E-state index contributed by atoms with van der Waals surface area (Å²) in [7, 11) is 0. The minimum Gasteiger partial charge on any atom is -0.330 e. The molecule has 5 heteroatoms. The Balaban J connectivity index is 2.83. The smallest absolute Gasteiger partial charge is 0.236 e. The molecule has 1 rings (SSSR count). The highest BCUT2D eigenvalue weighted by Gasteiger charge is 2.15. The minimum atomic E-state index is -0.180. The third kappa shape index (κ3) is 2.18. The molecule has 0 aliphatic carbocycles. The van der Waals surface area contributed by atoms with Crippen LogP contribution in [-0.2, 0) is 6.42 Å². The van der Waals surface area contributed by atoms with Gasteiger partial charge in [-0.05, 0) is 6.54 Å². The van der Waals surface area contributed by atoms with Crippen LogP contribution in [0.1, 0.15) is 17.4 Å². The molecule has 1 aromatic rings. The Kier molecular flexibility index (Phi) is 3.79. The number of hydrogen-bond donors (Lipinski definition) is 2. The second-order valence-corrected chi connectivity index (χ2v) is 3.27. The fourth-order valence-electron chi connectivity index (χ4n) is 1.19. The van der Waals surface area contributed by atoms with Crippen LogP contribution in [0, 0.1) is 5.92 Å². The molecule has 0 radical (unpaired) electrons. The van der Waals surface area contributed by atoms with Gasteiger partial charge in [0.05, 0.1) is 0 Å². The fourth-order valence-corrected chi connectivity index (χ4v) is 1.19. The number of carbonyl (C=O) groups is 1. The molecule has 78 valence electrons. The number of carbonyl (C=O) groups excluding carboxylic acids is 1. The second-order valence-electron chi connectivity index (χ2n) is 3.27. The summed E-state index contributed by atoms with van der Waals surface area (Å²) in [6.45, 7) is 2.66. The Morgan fingerprint density at radius 2 is 2.36 bits per heavy atom. The van der Waals surface area contributed by atoms with Crippen LogP contribution in [0.2, 0.25) is 0 Å². The average Bonchev–Trinajstić information content (AvgIpc) is 2.64. The van der Waals surface area contributed by atoms with Gasteiger partial charge >= 0.3 is 0 Å². The number of nitrogens with zero attached hydrogens (tertiary/aromatic N) is 2. The lowest BCUT2D eigenvalue weighted by Crippen LogP contribution is -2.27. The Morgan fingerprint density at radius 3 is 2.93 bits per heavy atom. The van der Waals surface area contributed by atoms with E-state index in [0.717, 1.165) is 5.69 Å². The molecule has 0 aliphatic heterocycles. The van der Waals surface area contributed by atoms with Crippen molar-refractivity contribution in [3.05, 3.63) is 18.2 Å². The molecule has 0 bridgehead atoms. The summed E-state index contributed by atoms with van der Waals surface area (Å²) >= 11 is 0. The quantitative estimate of drug-likeness (QED) is 0.687. The maximum absolute atomic E-state index is 11.7. The van der Waals surface area contributed by atoms with Crippen molar-refractivity contribution in [1.29, 1.82) is 0 Å². The largest absolute Gasteiger partial charge is 0.330 e. The minimum absolute atomic E-state index is 0.0200. The van der Waals surface area contributed by atoms with Gasteiger partial charge in [-0.2, -0.15) is 0 Å². The zero-order chi connectivity index (χ0) is 10.6. The van der Waals surface area contributed by atoms with Crippen molar-refractivity contribution in [2.24, 2.45) is 17.4 Å². The maximum Gasteiger partial charge on any atom is 0.236 e. The SMILES string of the molecule is CC(CN)C(=O)n1cncc1CCN. The van der Waals surface area contributed by atoms with Gasteiger partial charge in [-0.15, -0.1) is 0 Å². The average molecular weight is 196 g/mol. The van der Waals surface area contributed by atoms with E-state index in [2.05, 4.69) is 4.98 Å². The first-order valence-electron chi connectivity index (χ1n) is 4.66. The number of aromatic nitrogens is 2. The van der Waals surface area contributed by atoms with Crippen LogP contribution in [0.5, 0.6) is 0 Å². The Hall–Kier alpha value is -1.20. The van der Waals surface area contributed by atoms with E-state index in [1.54, 1.807) is 13.1 Å². The first kappa shape index (κ1) is 10.9. The van der Waals surface area contributed by atoms with Crippen molar-refractivity contribution < 1.29 is 4.79 Å². The zero-order valence-electron chi connectivity index (χ0n) is 8.31. The van der Waals surface area contributed by atoms with Crippen molar-refractivity contribution in [1.82, 2.24) is 9.55 Å². The van der Waals surface area contributed by atoms with Crippen molar-refractivity contribution in [2.45, 2.75) is 13.3 Å². The molecule has 14 heavy (non-hydrogen) atoms. The highest BCUT2D eigenvalue weighted by Crippen LogP contribution is 2.04. The summed E-state index contributed by atoms with van der Waals surface area (Å²) in [5, 5.41) is 0. The van der Waals surface area contributed by atoms with Gasteiger partial charge in [0.15, 0.2) is 0 Å². The summed E-state index contributed by atoms with van der Waals surface area (Å²) in [5.41, 5.74) is 11.7. The molecule has 0 aromatic carbocycles. The van der Waals surface area contributed by atoms with Crippen LogP contribution in [0.3, 0.4) is 0 Å². The van der Waals surface area contributed by atoms with Gasteiger partial charge in [0.1, 0.15) is 6.33 Å². The van der Waals surface area contributed by atoms with E-state index in [9.17, 15) is 4.79 Å². The van der Waals surface area contributed by atoms with Gasteiger partial charge in [0.2, 0.25) is 5.91 Å². The number of nitrogens with two attached hydrogens (primary N) is 2. The molecule has 0 fully saturated rings. The van der Waals surface area contributed by atoms with Crippen LogP contribution in [0.4, 0.5) is 0 Å². The van der Waals surface area contributed by atoms with Crippen LogP contribution in [0.15, 0.2) is 12.5 Å². The van der Waals surface area contributed by atoms with Crippen molar-refractivity contribution in [2.75, 3.05) is 13.1 Å². The second kappa shape index (κ2) is 4.88. The lowest BCUT2D eigenvalue weighted by Gasteiger charge is -2.10. The van der Waals surface area contributed by atoms with E-state index >= 15 is 0 Å². The Bertz CT molecular complexity index is 308. The highest BCUT2D eigenvalue weighted by atomic mass is 16.2. The molecular formula is C9H16N4O. The molecule has 1 heterocycles. The summed E-state index contributed by atoms with van der Waals surface area (Å²) in [6.07, 6.45) is 3.83. The monoisotopic (exact) mass is 196 g/mol. The summed E-state index contributed by atoms with van der Waals surface area (Å²) < 4.78 is 1.53. The van der Waals surface area contributed by atoms with Crippen LogP contribution >= 0.6 is 0 Å². The van der Waals surface area contributed by atoms with E-state index in [1.165, 1.54) is 10.9 Å². The standard InChI is InChI=1S/C9H16N4O/c1-7(4-11)9(14)13-6-12-5-8(13)2-3-10/h5-7H,2-4,10-11H2,1H3. The number of hydrogen-bond acceptors (Lipinski definition) is 4. The molecule has 1 unspecified atom stereocenters. The van der Waals surface area contributed by atoms with Crippen molar-refractivity contribution in [3.8, 4) is 0 Å². The molecule has 0 saturated heterocycles. The number of rotatable bonds is 4. The third-order valence-electron chi connectivity index (χ3n) is 2.13. The van der Waals surface area contributed by atoms with Gasteiger partial charge in [-0.1, -0.05) is 6.92 Å². The predicted octanol–water partition coefficient (Wildman–Crippen LogP) is -0.381. The van der Waals surface area contributed by atoms with E-state index in [4.69, 9.17) is 11.5 Å². The lowest BCUT2D eigenvalue weighted by molar-refractivity contribution is 0.0846. The summed E-state index contributed by atoms with van der Waals surface area (Å²) in [5.74, 6) is -0.200. The Labute approximate surface area is 83.1 Å². The lowest BCUT2D eigenvalue weighted by atomic mass is 10.1. The van der Waals surface area contributed by atoms with E-state index < -0.39 is 0 Å². The molecule has 1 atom stereocenters. The molecule has 0 aliphatic rings. The summed E-state index contributed by atoms with van der Waals surface area (Å²) in [6, 6.07) is 0. The first-order chi connectivity index (χ1) is 6.70. The Morgan fingerprint density at radius 1 is 1.64 bits per heavy atom. The zero-order valence-corrected chi connectivity index (χ0v) is 8.31. The molecule has 5 nitrogen and oxygen atoms in total. The topological polar surface area (TPSA) is 86.9 Å². The maximum atomic E-state index is 11.7. The molecule has 0 amide bonds. The van der Waals surface area contributed by atoms with Gasteiger partial charge in [0.25, 0.3) is 0 Å². The van der Waals surface area contributed by atoms with Crippen molar-refractivity contribution >= 4 is 5.91 Å². The van der Waals surface area contributed by atoms with Gasteiger partial charge in [-0.25, -0.2) is 4.98 Å². The van der Waals surface area contributed by atoms with E-state index in [1.807, 2.05) is 0 Å². The molecule has 0 saturated carbocycles. The molecule has 1 aromatic heterocycles. The predicted molar refractivity (Wildman–Crippen MR) is 53.8 cm³/mol. The van der Waals surface area contributed by atoms with Crippen LogP contribution < -0.4 is 11.5 Å². The van der Waals surface area contributed by atoms with Gasteiger partial charge in [-0.3, -0.25) is 9.36 Å². The van der Waals surface area contributed by atoms with Crippen LogP contribution in [0.25, 0.3) is 0 Å². The highest BCUT2D eigenvalue weighted by molar-refractivity contribution is 5.81. The fraction of sp³-hybridized carbons (Fsp3) is 0.556. The summed E-state index contributed by atoms with van der Waals surface area (Å²) in [4.78, 5) is 15.7. The molecular weight excluding hydrogens is 180 g/mol.